The number of aryl methyl sites for hydroxylation is 1. The van der Waals surface area contributed by atoms with Crippen molar-refractivity contribution in [3.05, 3.63) is 52.1 Å². The molecule has 0 aliphatic rings. The van der Waals surface area contributed by atoms with Crippen molar-refractivity contribution < 1.29 is 23.9 Å². The van der Waals surface area contributed by atoms with Gasteiger partial charge in [0.1, 0.15) is 0 Å². The van der Waals surface area contributed by atoms with Gasteiger partial charge >= 0.3 is 5.97 Å². The molecule has 9 heteroatoms. The van der Waals surface area contributed by atoms with Gasteiger partial charge in [-0.3, -0.25) is 14.8 Å². The van der Waals surface area contributed by atoms with Gasteiger partial charge in [0.25, 0.3) is 5.69 Å². The Morgan fingerprint density at radius 1 is 1.15 bits per heavy atom. The minimum absolute atomic E-state index is 0.00957. The molecule has 1 aromatic heterocycles. The van der Waals surface area contributed by atoms with Crippen LogP contribution in [0.4, 0.5) is 5.69 Å². The Labute approximate surface area is 154 Å². The summed E-state index contributed by atoms with van der Waals surface area (Å²) in [6.45, 7) is 2.38. The number of ether oxygens (including phenoxy) is 3. The van der Waals surface area contributed by atoms with Crippen molar-refractivity contribution in [3.63, 3.8) is 0 Å². The quantitative estimate of drug-likeness (QED) is 0.372. The zero-order valence-electron chi connectivity index (χ0n) is 15.0. The number of carbonyl (C=O) groups is 1. The molecule has 3 aromatic rings. The minimum Gasteiger partial charge on any atom is -0.493 e. The maximum absolute atomic E-state index is 12.5. The molecule has 0 radical (unpaired) electrons. The molecule has 1 heterocycles. The number of aromatic nitrogens is 2. The second kappa shape index (κ2) is 7.32. The summed E-state index contributed by atoms with van der Waals surface area (Å²) in [6.07, 6.45) is 0. The SMILES string of the molecule is CCn1nc(OC(=O)c2ccc(OC)c(OC)c2)c2cc([N+](=O)[O-])ccc21. The number of non-ortho nitro benzene ring substituents is 1. The molecule has 9 nitrogen and oxygen atoms in total. The summed E-state index contributed by atoms with van der Waals surface area (Å²) in [5.41, 5.74) is 0.761. The molecule has 27 heavy (non-hydrogen) atoms. The predicted octanol–water partition coefficient (Wildman–Crippen LogP) is 3.20. The summed E-state index contributed by atoms with van der Waals surface area (Å²) in [7, 11) is 2.95. The van der Waals surface area contributed by atoms with E-state index in [2.05, 4.69) is 5.10 Å². The highest BCUT2D eigenvalue weighted by Crippen LogP contribution is 2.31. The highest BCUT2D eigenvalue weighted by molar-refractivity contribution is 5.95. The van der Waals surface area contributed by atoms with Gasteiger partial charge in [-0.15, -0.1) is 5.10 Å². The zero-order chi connectivity index (χ0) is 19.6. The van der Waals surface area contributed by atoms with Crippen molar-refractivity contribution in [3.8, 4) is 17.4 Å². The topological polar surface area (TPSA) is 106 Å². The number of methoxy groups -OCH3 is 2. The van der Waals surface area contributed by atoms with Gasteiger partial charge in [0.15, 0.2) is 11.5 Å². The summed E-state index contributed by atoms with van der Waals surface area (Å²) in [4.78, 5) is 23.1. The number of nitrogens with zero attached hydrogens (tertiary/aromatic N) is 3. The lowest BCUT2D eigenvalue weighted by molar-refractivity contribution is -0.384. The molecule has 0 fully saturated rings. The smallest absolute Gasteiger partial charge is 0.345 e. The van der Waals surface area contributed by atoms with Crippen LogP contribution in [-0.4, -0.2) is 34.9 Å². The fourth-order valence-corrected chi connectivity index (χ4v) is 2.68. The van der Waals surface area contributed by atoms with Crippen molar-refractivity contribution in [2.45, 2.75) is 13.5 Å². The van der Waals surface area contributed by atoms with Crippen molar-refractivity contribution in [1.29, 1.82) is 0 Å². The van der Waals surface area contributed by atoms with Gasteiger partial charge in [0, 0.05) is 18.7 Å². The summed E-state index contributed by atoms with van der Waals surface area (Å²) < 4.78 is 17.3. The second-order valence-electron chi connectivity index (χ2n) is 5.54. The summed E-state index contributed by atoms with van der Waals surface area (Å²) in [5.74, 6) is 0.206. The van der Waals surface area contributed by atoms with E-state index in [1.165, 1.54) is 38.5 Å². The van der Waals surface area contributed by atoms with E-state index in [0.717, 1.165) is 0 Å². The van der Waals surface area contributed by atoms with E-state index < -0.39 is 10.9 Å². The highest BCUT2D eigenvalue weighted by Gasteiger charge is 2.20. The third-order valence-electron chi connectivity index (χ3n) is 4.02. The second-order valence-corrected chi connectivity index (χ2v) is 5.54. The largest absolute Gasteiger partial charge is 0.493 e. The molecular weight excluding hydrogens is 354 g/mol. The van der Waals surface area contributed by atoms with Gasteiger partial charge in [-0.1, -0.05) is 0 Å². The van der Waals surface area contributed by atoms with Crippen LogP contribution >= 0.6 is 0 Å². The van der Waals surface area contributed by atoms with E-state index in [1.807, 2.05) is 6.92 Å². The molecule has 2 aromatic carbocycles. The Kier molecular flexibility index (Phi) is 4.93. The van der Waals surface area contributed by atoms with Crippen LogP contribution in [0.5, 0.6) is 17.4 Å². The Morgan fingerprint density at radius 3 is 2.52 bits per heavy atom. The Hall–Kier alpha value is -3.62. The molecule has 140 valence electrons. The molecule has 0 aliphatic carbocycles. The fourth-order valence-electron chi connectivity index (χ4n) is 2.68. The maximum Gasteiger partial charge on any atom is 0.345 e. The van der Waals surface area contributed by atoms with Gasteiger partial charge in [-0.25, -0.2) is 4.79 Å². The summed E-state index contributed by atoms with van der Waals surface area (Å²) in [5, 5.41) is 15.7. The van der Waals surface area contributed by atoms with Crippen LogP contribution in [0.2, 0.25) is 0 Å². The number of esters is 1. The average molecular weight is 371 g/mol. The van der Waals surface area contributed by atoms with Crippen LogP contribution in [-0.2, 0) is 6.54 Å². The zero-order valence-corrected chi connectivity index (χ0v) is 15.0. The fraction of sp³-hybridized carbons (Fsp3) is 0.222. The number of hydrogen-bond acceptors (Lipinski definition) is 7. The maximum atomic E-state index is 12.5. The van der Waals surface area contributed by atoms with E-state index >= 15 is 0 Å². The standard InChI is InChI=1S/C18H17N3O6/c1-4-20-14-7-6-12(21(23)24)10-13(14)17(19-20)27-18(22)11-5-8-15(25-2)16(9-11)26-3/h5-10H,4H2,1-3H3. The molecule has 0 saturated carbocycles. The van der Waals surface area contributed by atoms with Gasteiger partial charge in [0.2, 0.25) is 5.88 Å². The number of carbonyl (C=O) groups excluding carboxylic acids is 1. The average Bonchev–Trinajstić information content (AvgIpc) is 3.04. The molecule has 0 bridgehead atoms. The third-order valence-corrected chi connectivity index (χ3v) is 4.02. The van der Waals surface area contributed by atoms with E-state index in [9.17, 15) is 14.9 Å². The first-order valence-corrected chi connectivity index (χ1v) is 8.07. The molecule has 0 N–H and O–H groups in total. The first-order chi connectivity index (χ1) is 13.0. The Balaban J connectivity index is 1.99. The molecular formula is C18H17N3O6. The molecule has 0 saturated heterocycles. The van der Waals surface area contributed by atoms with Crippen molar-refractivity contribution in [2.24, 2.45) is 0 Å². The minimum atomic E-state index is -0.662. The number of hydrogen-bond donors (Lipinski definition) is 0. The number of rotatable bonds is 6. The predicted molar refractivity (Wildman–Crippen MR) is 96.6 cm³/mol. The van der Waals surface area contributed by atoms with Crippen molar-refractivity contribution >= 4 is 22.6 Å². The van der Waals surface area contributed by atoms with Crippen molar-refractivity contribution in [2.75, 3.05) is 14.2 Å². The lowest BCUT2D eigenvalue weighted by Crippen LogP contribution is -2.10. The molecule has 0 spiro atoms. The molecule has 0 atom stereocenters. The first-order valence-electron chi connectivity index (χ1n) is 8.07. The monoisotopic (exact) mass is 371 g/mol. The Morgan fingerprint density at radius 2 is 1.89 bits per heavy atom. The summed E-state index contributed by atoms with van der Waals surface area (Å²) in [6, 6.07) is 8.91. The number of benzene rings is 2. The van der Waals surface area contributed by atoms with Gasteiger partial charge in [-0.05, 0) is 31.2 Å². The van der Waals surface area contributed by atoms with Crippen molar-refractivity contribution in [1.82, 2.24) is 9.78 Å². The van der Waals surface area contributed by atoms with Crippen LogP contribution in [0.25, 0.3) is 10.9 Å². The third kappa shape index (κ3) is 3.39. The normalized spacial score (nSPS) is 10.6. The van der Waals surface area contributed by atoms with Crippen LogP contribution in [0.15, 0.2) is 36.4 Å². The summed E-state index contributed by atoms with van der Waals surface area (Å²) >= 11 is 0. The van der Waals surface area contributed by atoms with E-state index in [1.54, 1.807) is 16.8 Å². The van der Waals surface area contributed by atoms with Crippen LogP contribution in [0.1, 0.15) is 17.3 Å². The number of nitro benzene ring substituents is 1. The van der Waals surface area contributed by atoms with E-state index in [-0.39, 0.29) is 17.1 Å². The Bertz CT molecular complexity index is 1030. The van der Waals surface area contributed by atoms with Crippen LogP contribution < -0.4 is 14.2 Å². The van der Waals surface area contributed by atoms with E-state index in [0.29, 0.717) is 28.9 Å². The molecule has 0 aliphatic heterocycles. The van der Waals surface area contributed by atoms with Gasteiger partial charge in [0.05, 0.1) is 35.6 Å². The lowest BCUT2D eigenvalue weighted by atomic mass is 10.2. The van der Waals surface area contributed by atoms with Gasteiger partial charge < -0.3 is 14.2 Å². The number of nitro groups is 1. The molecule has 0 unspecified atom stereocenters. The molecule has 3 rings (SSSR count). The lowest BCUT2D eigenvalue weighted by Gasteiger charge is -2.08. The van der Waals surface area contributed by atoms with Gasteiger partial charge in [-0.2, -0.15) is 0 Å². The van der Waals surface area contributed by atoms with Crippen LogP contribution in [0.3, 0.4) is 0 Å². The number of fused-ring (bicyclic) bond motifs is 1. The highest BCUT2D eigenvalue weighted by atomic mass is 16.6. The molecule has 0 amide bonds. The first kappa shape index (κ1) is 18.2. The van der Waals surface area contributed by atoms with Crippen LogP contribution in [0, 0.1) is 10.1 Å². The van der Waals surface area contributed by atoms with E-state index in [4.69, 9.17) is 14.2 Å².